The van der Waals surface area contributed by atoms with E-state index in [1.54, 1.807) is 6.92 Å². The van der Waals surface area contributed by atoms with Gasteiger partial charge >= 0.3 is 6.18 Å². The van der Waals surface area contributed by atoms with Crippen LogP contribution < -0.4 is 5.32 Å². The average Bonchev–Trinajstić information content (AvgIpc) is 2.14. The van der Waals surface area contributed by atoms with Crippen molar-refractivity contribution in [1.29, 1.82) is 0 Å². The average molecular weight is 217 g/mol. The molecule has 0 amide bonds. The van der Waals surface area contributed by atoms with Crippen LogP contribution in [0.5, 0.6) is 0 Å². The van der Waals surface area contributed by atoms with Crippen molar-refractivity contribution in [2.24, 2.45) is 0 Å². The van der Waals surface area contributed by atoms with Crippen molar-refractivity contribution in [3.8, 4) is 0 Å². The van der Waals surface area contributed by atoms with Crippen molar-refractivity contribution >= 4 is 0 Å². The van der Waals surface area contributed by atoms with Crippen molar-refractivity contribution in [1.82, 2.24) is 5.32 Å². The van der Waals surface area contributed by atoms with E-state index in [0.717, 1.165) is 11.1 Å². The molecule has 1 nitrogen and oxygen atoms in total. The maximum Gasteiger partial charge on any atom is 0.401 e. The lowest BCUT2D eigenvalue weighted by Crippen LogP contribution is -2.30. The Hall–Kier alpha value is -1.03. The van der Waals surface area contributed by atoms with Gasteiger partial charge in [0.2, 0.25) is 0 Å². The predicted octanol–water partition coefficient (Wildman–Crippen LogP) is 3.21. The van der Waals surface area contributed by atoms with Gasteiger partial charge in [0.1, 0.15) is 0 Å². The Morgan fingerprint density at radius 1 is 1.20 bits per heavy atom. The molecule has 1 N–H and O–H groups in total. The lowest BCUT2D eigenvalue weighted by molar-refractivity contribution is -0.126. The normalized spacial score (nSPS) is 13.9. The van der Waals surface area contributed by atoms with Crippen molar-refractivity contribution in [3.63, 3.8) is 0 Å². The molecule has 4 heteroatoms. The van der Waals surface area contributed by atoms with E-state index in [1.165, 1.54) is 0 Å². The standard InChI is InChI=1S/C11H14F3N/c1-8-3-5-10(6-4-8)9(2)15-7-11(12,13)14/h3-6,9,15H,7H2,1-2H3/t9-/m0/s1. The molecule has 1 atom stereocenters. The first-order chi connectivity index (χ1) is 6.88. The van der Waals surface area contributed by atoms with E-state index in [9.17, 15) is 13.2 Å². The number of rotatable bonds is 3. The summed E-state index contributed by atoms with van der Waals surface area (Å²) in [7, 11) is 0. The zero-order valence-corrected chi connectivity index (χ0v) is 8.73. The fourth-order valence-electron chi connectivity index (χ4n) is 1.24. The monoisotopic (exact) mass is 217 g/mol. The lowest BCUT2D eigenvalue weighted by atomic mass is 10.1. The molecule has 0 aliphatic heterocycles. The van der Waals surface area contributed by atoms with E-state index in [1.807, 2.05) is 31.2 Å². The summed E-state index contributed by atoms with van der Waals surface area (Å²) in [5, 5.41) is 2.43. The Kier molecular flexibility index (Phi) is 3.74. The molecular weight excluding hydrogens is 203 g/mol. The van der Waals surface area contributed by atoms with Gasteiger partial charge in [-0.05, 0) is 19.4 Å². The number of halogens is 3. The van der Waals surface area contributed by atoms with E-state index >= 15 is 0 Å². The van der Waals surface area contributed by atoms with Gasteiger partial charge in [-0.25, -0.2) is 0 Å². The van der Waals surface area contributed by atoms with E-state index in [4.69, 9.17) is 0 Å². The molecule has 84 valence electrons. The van der Waals surface area contributed by atoms with Crippen LogP contribution in [0.3, 0.4) is 0 Å². The quantitative estimate of drug-likeness (QED) is 0.819. The third kappa shape index (κ3) is 4.34. The summed E-state index contributed by atoms with van der Waals surface area (Å²) < 4.78 is 35.8. The number of hydrogen-bond donors (Lipinski definition) is 1. The highest BCUT2D eigenvalue weighted by Crippen LogP contribution is 2.17. The van der Waals surface area contributed by atoms with E-state index in [0.29, 0.717) is 0 Å². The van der Waals surface area contributed by atoms with Gasteiger partial charge in [0.15, 0.2) is 0 Å². The second-order valence-corrected chi connectivity index (χ2v) is 3.63. The Labute approximate surface area is 87.3 Å². The number of nitrogens with one attached hydrogen (secondary N) is 1. The van der Waals surface area contributed by atoms with Crippen LogP contribution in [0.1, 0.15) is 24.1 Å². The molecule has 0 saturated heterocycles. The molecule has 1 aromatic rings. The molecule has 0 aliphatic carbocycles. The molecule has 0 radical (unpaired) electrons. The molecule has 0 fully saturated rings. The van der Waals surface area contributed by atoms with Crippen molar-refractivity contribution in [3.05, 3.63) is 35.4 Å². The maximum absolute atomic E-state index is 11.9. The molecule has 1 aromatic carbocycles. The fourth-order valence-corrected chi connectivity index (χ4v) is 1.24. The molecule has 0 bridgehead atoms. The minimum Gasteiger partial charge on any atom is -0.302 e. The van der Waals surface area contributed by atoms with Crippen LogP contribution in [-0.4, -0.2) is 12.7 Å². The summed E-state index contributed by atoms with van der Waals surface area (Å²) in [5.74, 6) is 0. The van der Waals surface area contributed by atoms with Gasteiger partial charge in [-0.1, -0.05) is 29.8 Å². The summed E-state index contributed by atoms with van der Waals surface area (Å²) in [6.45, 7) is 2.70. The van der Waals surface area contributed by atoms with Crippen molar-refractivity contribution in [2.45, 2.75) is 26.1 Å². The molecular formula is C11H14F3N. The predicted molar refractivity (Wildman–Crippen MR) is 53.7 cm³/mol. The highest BCUT2D eigenvalue weighted by molar-refractivity contribution is 5.23. The first-order valence-electron chi connectivity index (χ1n) is 4.75. The highest BCUT2D eigenvalue weighted by atomic mass is 19.4. The summed E-state index contributed by atoms with van der Waals surface area (Å²) in [5.41, 5.74) is 1.96. The topological polar surface area (TPSA) is 12.0 Å². The summed E-state index contributed by atoms with van der Waals surface area (Å²) in [6, 6.07) is 7.17. The number of benzene rings is 1. The van der Waals surface area contributed by atoms with Crippen LogP contribution in [-0.2, 0) is 0 Å². The fraction of sp³-hybridized carbons (Fsp3) is 0.455. The van der Waals surface area contributed by atoms with Crippen LogP contribution >= 0.6 is 0 Å². The Bertz CT molecular complexity index is 303. The molecule has 0 spiro atoms. The zero-order chi connectivity index (χ0) is 11.5. The third-order valence-electron chi connectivity index (χ3n) is 2.19. The van der Waals surface area contributed by atoms with E-state index in [-0.39, 0.29) is 6.04 Å². The van der Waals surface area contributed by atoms with Crippen molar-refractivity contribution in [2.75, 3.05) is 6.54 Å². The van der Waals surface area contributed by atoms with Gasteiger partial charge < -0.3 is 5.32 Å². The highest BCUT2D eigenvalue weighted by Gasteiger charge is 2.27. The molecule has 0 saturated carbocycles. The summed E-state index contributed by atoms with van der Waals surface area (Å²) in [4.78, 5) is 0. The van der Waals surface area contributed by atoms with Gasteiger partial charge in [-0.15, -0.1) is 0 Å². The maximum atomic E-state index is 11.9. The minimum atomic E-state index is -4.15. The molecule has 0 aromatic heterocycles. The Balaban J connectivity index is 2.54. The Morgan fingerprint density at radius 3 is 2.20 bits per heavy atom. The molecule has 0 aliphatic rings. The van der Waals surface area contributed by atoms with E-state index < -0.39 is 12.7 Å². The first-order valence-corrected chi connectivity index (χ1v) is 4.75. The number of aryl methyl sites for hydroxylation is 1. The molecule has 1 rings (SSSR count). The van der Waals surface area contributed by atoms with Gasteiger partial charge in [0.25, 0.3) is 0 Å². The number of hydrogen-bond acceptors (Lipinski definition) is 1. The Morgan fingerprint density at radius 2 is 1.73 bits per heavy atom. The van der Waals surface area contributed by atoms with E-state index in [2.05, 4.69) is 5.32 Å². The van der Waals surface area contributed by atoms with Crippen LogP contribution in [0.15, 0.2) is 24.3 Å². The van der Waals surface area contributed by atoms with Crippen LogP contribution in [0.2, 0.25) is 0 Å². The minimum absolute atomic E-state index is 0.285. The molecule has 0 heterocycles. The zero-order valence-electron chi connectivity index (χ0n) is 8.73. The van der Waals surface area contributed by atoms with Gasteiger partial charge in [0, 0.05) is 6.04 Å². The largest absolute Gasteiger partial charge is 0.401 e. The second kappa shape index (κ2) is 4.66. The first kappa shape index (κ1) is 12.0. The van der Waals surface area contributed by atoms with Gasteiger partial charge in [-0.3, -0.25) is 0 Å². The smallest absolute Gasteiger partial charge is 0.302 e. The SMILES string of the molecule is Cc1ccc([C@H](C)NCC(F)(F)F)cc1. The third-order valence-corrected chi connectivity index (χ3v) is 2.19. The lowest BCUT2D eigenvalue weighted by Gasteiger charge is -2.15. The van der Waals surface area contributed by atoms with Crippen molar-refractivity contribution < 1.29 is 13.2 Å². The number of alkyl halides is 3. The second-order valence-electron chi connectivity index (χ2n) is 3.63. The summed E-state index contributed by atoms with van der Waals surface area (Å²) in [6.07, 6.45) is -4.15. The van der Waals surface area contributed by atoms with Gasteiger partial charge in [-0.2, -0.15) is 13.2 Å². The molecule has 0 unspecified atom stereocenters. The molecule has 15 heavy (non-hydrogen) atoms. The van der Waals surface area contributed by atoms with Crippen LogP contribution in [0.4, 0.5) is 13.2 Å². The van der Waals surface area contributed by atoms with Gasteiger partial charge in [0.05, 0.1) is 6.54 Å². The van der Waals surface area contributed by atoms with Crippen LogP contribution in [0, 0.1) is 6.92 Å². The van der Waals surface area contributed by atoms with Crippen LogP contribution in [0.25, 0.3) is 0 Å². The summed E-state index contributed by atoms with van der Waals surface area (Å²) >= 11 is 0.